The Labute approximate surface area is 98.7 Å². The molecule has 1 fully saturated rings. The zero-order valence-electron chi connectivity index (χ0n) is 10.8. The third kappa shape index (κ3) is 2.12. The lowest BCUT2D eigenvalue weighted by atomic mass is 9.85. The molecule has 2 atom stereocenters. The molecule has 0 aliphatic carbocycles. The van der Waals surface area contributed by atoms with Crippen LogP contribution in [0.5, 0.6) is 0 Å². The molecule has 1 aromatic heterocycles. The largest absolute Gasteiger partial charge is 0.296 e. The normalized spacial score (nSPS) is 27.2. The number of pyridine rings is 1. The Morgan fingerprint density at radius 3 is 2.56 bits per heavy atom. The highest BCUT2D eigenvalue weighted by Crippen LogP contribution is 2.41. The zero-order chi connectivity index (χ0) is 11.8. The Balaban J connectivity index is 2.17. The molecular weight excluding hydrogens is 196 g/mol. The maximum atomic E-state index is 4.22. The number of hydrogen-bond donors (Lipinski definition) is 0. The fourth-order valence-corrected chi connectivity index (χ4v) is 2.96. The van der Waals surface area contributed by atoms with Gasteiger partial charge in [-0.25, -0.2) is 0 Å². The van der Waals surface area contributed by atoms with Crippen LogP contribution in [0.25, 0.3) is 0 Å². The van der Waals surface area contributed by atoms with E-state index in [1.54, 1.807) is 0 Å². The maximum Gasteiger partial charge on any atom is 0.0364 e. The van der Waals surface area contributed by atoms with E-state index in [1.807, 2.05) is 18.5 Å². The van der Waals surface area contributed by atoms with Crippen LogP contribution < -0.4 is 0 Å². The minimum absolute atomic E-state index is 0.367. The van der Waals surface area contributed by atoms with Crippen LogP contribution >= 0.6 is 0 Å². The van der Waals surface area contributed by atoms with E-state index in [0.717, 1.165) is 0 Å². The summed E-state index contributed by atoms with van der Waals surface area (Å²) in [7, 11) is 2.25. The maximum absolute atomic E-state index is 4.22. The quantitative estimate of drug-likeness (QED) is 0.719. The van der Waals surface area contributed by atoms with Gasteiger partial charge in [0.25, 0.3) is 0 Å². The molecule has 0 radical (unpaired) electrons. The lowest BCUT2D eigenvalue weighted by molar-refractivity contribution is 0.138. The molecule has 0 saturated carbocycles. The van der Waals surface area contributed by atoms with Gasteiger partial charge in [-0.2, -0.15) is 0 Å². The number of hydrogen-bond acceptors (Lipinski definition) is 2. The Morgan fingerprint density at radius 2 is 2.06 bits per heavy atom. The number of nitrogens with zero attached hydrogens (tertiary/aromatic N) is 2. The van der Waals surface area contributed by atoms with Gasteiger partial charge in [0.15, 0.2) is 0 Å². The summed E-state index contributed by atoms with van der Waals surface area (Å²) in [6.45, 7) is 7.00. The van der Waals surface area contributed by atoms with Crippen LogP contribution in [0.15, 0.2) is 24.5 Å². The van der Waals surface area contributed by atoms with Crippen LogP contribution in [0.4, 0.5) is 0 Å². The predicted molar refractivity (Wildman–Crippen MR) is 67.2 cm³/mol. The van der Waals surface area contributed by atoms with Crippen molar-refractivity contribution in [3.05, 3.63) is 30.1 Å². The topological polar surface area (TPSA) is 16.1 Å². The average Bonchev–Trinajstić information content (AvgIpc) is 2.61. The van der Waals surface area contributed by atoms with Crippen LogP contribution in [-0.4, -0.2) is 23.0 Å². The van der Waals surface area contributed by atoms with Crippen molar-refractivity contribution in [1.82, 2.24) is 9.88 Å². The summed E-state index contributed by atoms with van der Waals surface area (Å²) in [4.78, 5) is 6.75. The molecule has 0 aromatic carbocycles. The van der Waals surface area contributed by atoms with Gasteiger partial charge < -0.3 is 0 Å². The van der Waals surface area contributed by atoms with Gasteiger partial charge in [-0.15, -0.1) is 0 Å². The van der Waals surface area contributed by atoms with Gasteiger partial charge in [-0.05, 0) is 36.9 Å². The summed E-state index contributed by atoms with van der Waals surface area (Å²) in [5.41, 5.74) is 1.72. The number of aromatic nitrogens is 1. The smallest absolute Gasteiger partial charge is 0.0364 e. The summed E-state index contributed by atoms with van der Waals surface area (Å²) >= 11 is 0. The Kier molecular flexibility index (Phi) is 3.02. The second-order valence-electron chi connectivity index (χ2n) is 5.93. The molecule has 2 nitrogen and oxygen atoms in total. The molecular formula is C14H22N2. The third-order valence-electron chi connectivity index (χ3n) is 3.77. The zero-order valence-corrected chi connectivity index (χ0v) is 10.8. The van der Waals surface area contributed by atoms with E-state index in [0.29, 0.717) is 17.5 Å². The average molecular weight is 218 g/mol. The molecule has 1 aliphatic heterocycles. The lowest BCUT2D eigenvalue weighted by Gasteiger charge is -2.35. The van der Waals surface area contributed by atoms with Crippen LogP contribution in [0.2, 0.25) is 0 Å². The fourth-order valence-electron chi connectivity index (χ4n) is 2.96. The first-order chi connectivity index (χ1) is 7.50. The highest BCUT2D eigenvalue weighted by atomic mass is 15.2. The van der Waals surface area contributed by atoms with E-state index in [4.69, 9.17) is 0 Å². The first kappa shape index (κ1) is 11.6. The monoisotopic (exact) mass is 218 g/mol. The highest BCUT2D eigenvalue weighted by Gasteiger charge is 2.38. The van der Waals surface area contributed by atoms with Crippen LogP contribution in [0.1, 0.15) is 45.2 Å². The Bertz CT molecular complexity index is 340. The van der Waals surface area contributed by atoms with Gasteiger partial charge in [-0.1, -0.05) is 26.8 Å². The molecule has 0 spiro atoms. The second kappa shape index (κ2) is 4.17. The van der Waals surface area contributed by atoms with E-state index in [1.165, 1.54) is 18.4 Å². The molecule has 1 saturated heterocycles. The molecule has 16 heavy (non-hydrogen) atoms. The lowest BCUT2D eigenvalue weighted by Crippen LogP contribution is -2.37. The van der Waals surface area contributed by atoms with Crippen molar-refractivity contribution in [3.8, 4) is 0 Å². The fraction of sp³-hybridized carbons (Fsp3) is 0.643. The molecule has 0 amide bonds. The van der Waals surface area contributed by atoms with E-state index in [-0.39, 0.29) is 0 Å². The van der Waals surface area contributed by atoms with Gasteiger partial charge >= 0.3 is 0 Å². The van der Waals surface area contributed by atoms with Crippen LogP contribution in [0.3, 0.4) is 0 Å². The van der Waals surface area contributed by atoms with Gasteiger partial charge in [0, 0.05) is 24.5 Å². The van der Waals surface area contributed by atoms with Crippen molar-refractivity contribution in [3.63, 3.8) is 0 Å². The minimum atomic E-state index is 0.367. The van der Waals surface area contributed by atoms with Crippen LogP contribution in [0, 0.1) is 5.41 Å². The molecule has 1 aromatic rings. The molecule has 0 bridgehead atoms. The van der Waals surface area contributed by atoms with Gasteiger partial charge in [0.2, 0.25) is 0 Å². The summed E-state index contributed by atoms with van der Waals surface area (Å²) in [5, 5.41) is 0. The summed E-state index contributed by atoms with van der Waals surface area (Å²) < 4.78 is 0. The van der Waals surface area contributed by atoms with Gasteiger partial charge in [0.1, 0.15) is 0 Å². The molecule has 2 heteroatoms. The Hall–Kier alpha value is -0.890. The number of rotatable bonds is 1. The van der Waals surface area contributed by atoms with E-state index in [9.17, 15) is 0 Å². The van der Waals surface area contributed by atoms with E-state index < -0.39 is 0 Å². The second-order valence-corrected chi connectivity index (χ2v) is 5.93. The van der Waals surface area contributed by atoms with Gasteiger partial charge in [0.05, 0.1) is 0 Å². The van der Waals surface area contributed by atoms with Gasteiger partial charge in [-0.3, -0.25) is 9.88 Å². The van der Waals surface area contributed by atoms with Crippen molar-refractivity contribution >= 4 is 0 Å². The molecule has 0 unspecified atom stereocenters. The van der Waals surface area contributed by atoms with Crippen molar-refractivity contribution in [2.75, 3.05) is 7.05 Å². The first-order valence-electron chi connectivity index (χ1n) is 6.12. The van der Waals surface area contributed by atoms with Crippen molar-refractivity contribution in [2.24, 2.45) is 5.41 Å². The molecule has 88 valence electrons. The SMILES string of the molecule is CN1[C@H](c2cccnc2)CC[C@@H]1C(C)(C)C. The molecule has 2 rings (SSSR count). The molecule has 0 N–H and O–H groups in total. The van der Waals surface area contributed by atoms with E-state index >= 15 is 0 Å². The van der Waals surface area contributed by atoms with Crippen LogP contribution in [-0.2, 0) is 0 Å². The van der Waals surface area contributed by atoms with Crippen molar-refractivity contribution in [2.45, 2.75) is 45.7 Å². The standard InChI is InChI=1S/C14H22N2/c1-14(2,3)13-8-7-12(16(13)4)11-6-5-9-15-10-11/h5-6,9-10,12-13H,7-8H2,1-4H3/t12-,13+/m0/s1. The molecule has 2 heterocycles. The van der Waals surface area contributed by atoms with Crippen molar-refractivity contribution < 1.29 is 0 Å². The predicted octanol–water partition coefficient (Wildman–Crippen LogP) is 3.26. The van der Waals surface area contributed by atoms with E-state index in [2.05, 4.69) is 43.8 Å². The summed E-state index contributed by atoms with van der Waals surface area (Å²) in [6.07, 6.45) is 6.40. The summed E-state index contributed by atoms with van der Waals surface area (Å²) in [6, 6.07) is 5.46. The Morgan fingerprint density at radius 1 is 1.31 bits per heavy atom. The number of likely N-dealkylation sites (tertiary alicyclic amines) is 1. The first-order valence-corrected chi connectivity index (χ1v) is 6.12. The van der Waals surface area contributed by atoms with Crippen molar-refractivity contribution in [1.29, 1.82) is 0 Å². The summed E-state index contributed by atoms with van der Waals surface area (Å²) in [5.74, 6) is 0. The third-order valence-corrected chi connectivity index (χ3v) is 3.77. The molecule has 1 aliphatic rings. The highest BCUT2D eigenvalue weighted by molar-refractivity contribution is 5.16. The minimum Gasteiger partial charge on any atom is -0.296 e.